The molecule has 1 aromatic heterocycles. The topological polar surface area (TPSA) is 64.6 Å². The molecule has 0 unspecified atom stereocenters. The molecule has 5 nitrogen and oxygen atoms in total. The summed E-state index contributed by atoms with van der Waals surface area (Å²) in [4.78, 5) is 23.4. The van der Waals surface area contributed by atoms with Crippen LogP contribution in [0.1, 0.15) is 15.2 Å². The Morgan fingerprint density at radius 2 is 1.88 bits per heavy atom. The second-order valence-corrected chi connectivity index (χ2v) is 5.57. The summed E-state index contributed by atoms with van der Waals surface area (Å²) >= 11 is 0.981. The van der Waals surface area contributed by atoms with Crippen molar-refractivity contribution in [2.45, 2.75) is 6.18 Å². The summed E-state index contributed by atoms with van der Waals surface area (Å²) in [5.41, 5.74) is -0.957. The molecule has 0 atom stereocenters. The Morgan fingerprint density at radius 3 is 2.54 bits per heavy atom. The van der Waals surface area contributed by atoms with Crippen LogP contribution in [0, 0.1) is 0 Å². The number of anilines is 1. The third kappa shape index (κ3) is 4.48. The lowest BCUT2D eigenvalue weighted by atomic mass is 10.2. The molecule has 0 bridgehead atoms. The van der Waals surface area contributed by atoms with E-state index in [4.69, 9.17) is 4.74 Å². The Hall–Kier alpha value is -2.55. The van der Waals surface area contributed by atoms with Gasteiger partial charge in [0, 0.05) is 0 Å². The second-order valence-electron chi connectivity index (χ2n) is 4.49. The number of halogens is 3. The number of carbonyl (C=O) groups is 2. The maximum absolute atomic E-state index is 12.8. The Morgan fingerprint density at radius 1 is 1.17 bits per heavy atom. The van der Waals surface area contributed by atoms with Gasteiger partial charge in [0.2, 0.25) is 0 Å². The van der Waals surface area contributed by atoms with Crippen molar-refractivity contribution in [2.75, 3.05) is 19.0 Å². The molecule has 1 N–H and O–H groups in total. The van der Waals surface area contributed by atoms with Crippen LogP contribution in [0.25, 0.3) is 0 Å². The number of ether oxygens (including phenoxy) is 2. The van der Waals surface area contributed by atoms with Gasteiger partial charge in [0.05, 0.1) is 17.7 Å². The third-order valence-electron chi connectivity index (χ3n) is 2.81. The molecule has 0 radical (unpaired) electrons. The highest BCUT2D eigenvalue weighted by atomic mass is 32.1. The lowest BCUT2D eigenvalue weighted by Gasteiger charge is -2.13. The van der Waals surface area contributed by atoms with Crippen LogP contribution < -0.4 is 10.1 Å². The van der Waals surface area contributed by atoms with E-state index in [1.807, 2.05) is 0 Å². The van der Waals surface area contributed by atoms with Crippen molar-refractivity contribution in [3.05, 3.63) is 46.8 Å². The normalized spacial score (nSPS) is 11.0. The first-order valence-electron chi connectivity index (χ1n) is 6.58. The fraction of sp³-hybridized carbons (Fsp3) is 0.200. The fourth-order valence-electron chi connectivity index (χ4n) is 1.76. The number of hydrogen-bond acceptors (Lipinski definition) is 5. The van der Waals surface area contributed by atoms with Gasteiger partial charge in [0.1, 0.15) is 10.6 Å². The fourth-order valence-corrected chi connectivity index (χ4v) is 2.60. The van der Waals surface area contributed by atoms with Crippen LogP contribution in [0.15, 0.2) is 36.4 Å². The van der Waals surface area contributed by atoms with Gasteiger partial charge < -0.3 is 14.8 Å². The van der Waals surface area contributed by atoms with Crippen LogP contribution in [0.5, 0.6) is 5.75 Å². The standard InChI is InChI=1S/C15H12F3NO4S/c1-22-14(21)11-6-7-13(24-11)19-12(20)8-23-10-5-3-2-4-9(10)15(16,17)18/h2-7H,8H2,1H3,(H,19,20). The Bertz CT molecular complexity index is 742. The van der Waals surface area contributed by atoms with Gasteiger partial charge in [-0.15, -0.1) is 11.3 Å². The van der Waals surface area contributed by atoms with Crippen molar-refractivity contribution >= 4 is 28.2 Å². The van der Waals surface area contributed by atoms with Crippen molar-refractivity contribution in [1.82, 2.24) is 0 Å². The number of carbonyl (C=O) groups excluding carboxylic acids is 2. The van der Waals surface area contributed by atoms with Crippen LogP contribution in [-0.4, -0.2) is 25.6 Å². The highest BCUT2D eigenvalue weighted by Crippen LogP contribution is 2.35. The number of para-hydroxylation sites is 1. The molecule has 0 saturated heterocycles. The molecule has 0 saturated carbocycles. The van der Waals surface area contributed by atoms with Crippen molar-refractivity contribution < 1.29 is 32.2 Å². The first-order valence-corrected chi connectivity index (χ1v) is 7.40. The molecule has 0 spiro atoms. The number of rotatable bonds is 5. The molecule has 2 rings (SSSR count). The van der Waals surface area contributed by atoms with E-state index in [-0.39, 0.29) is 4.88 Å². The maximum atomic E-state index is 12.8. The first kappa shape index (κ1) is 17.8. The smallest absolute Gasteiger partial charge is 0.419 e. The summed E-state index contributed by atoms with van der Waals surface area (Å²) in [6.45, 7) is -0.599. The summed E-state index contributed by atoms with van der Waals surface area (Å²) in [7, 11) is 1.23. The van der Waals surface area contributed by atoms with E-state index in [1.54, 1.807) is 0 Å². The summed E-state index contributed by atoms with van der Waals surface area (Å²) in [6, 6.07) is 7.57. The zero-order valence-corrected chi connectivity index (χ0v) is 13.2. The van der Waals surface area contributed by atoms with Crippen molar-refractivity contribution in [3.63, 3.8) is 0 Å². The summed E-state index contributed by atoms with van der Waals surface area (Å²) in [5, 5.41) is 2.79. The Labute approximate surface area is 139 Å². The molecular weight excluding hydrogens is 347 g/mol. The maximum Gasteiger partial charge on any atom is 0.419 e. The summed E-state index contributed by atoms with van der Waals surface area (Å²) in [6.07, 6.45) is -4.57. The van der Waals surface area contributed by atoms with Gasteiger partial charge in [-0.25, -0.2) is 4.79 Å². The van der Waals surface area contributed by atoms with E-state index in [9.17, 15) is 22.8 Å². The van der Waals surface area contributed by atoms with Crippen LogP contribution in [0.4, 0.5) is 18.2 Å². The minimum atomic E-state index is -4.57. The van der Waals surface area contributed by atoms with Gasteiger partial charge in [-0.3, -0.25) is 4.79 Å². The zero-order valence-electron chi connectivity index (χ0n) is 12.3. The van der Waals surface area contributed by atoms with Crippen molar-refractivity contribution in [2.24, 2.45) is 0 Å². The van der Waals surface area contributed by atoms with Gasteiger partial charge in [0.15, 0.2) is 6.61 Å². The molecule has 0 aliphatic heterocycles. The predicted octanol–water partition coefficient (Wildman–Crippen LogP) is 3.57. The van der Waals surface area contributed by atoms with E-state index in [0.29, 0.717) is 5.00 Å². The molecule has 1 aromatic carbocycles. The van der Waals surface area contributed by atoms with Crippen LogP contribution in [-0.2, 0) is 15.7 Å². The number of amides is 1. The Kier molecular flexibility index (Phi) is 5.45. The second kappa shape index (κ2) is 7.35. The van der Waals surface area contributed by atoms with Crippen LogP contribution in [0.3, 0.4) is 0 Å². The molecule has 1 amide bonds. The molecule has 0 fully saturated rings. The average molecular weight is 359 g/mol. The number of methoxy groups -OCH3 is 1. The molecule has 9 heteroatoms. The number of esters is 1. The van der Waals surface area contributed by atoms with Gasteiger partial charge in [0.25, 0.3) is 5.91 Å². The lowest BCUT2D eigenvalue weighted by Crippen LogP contribution is -2.20. The minimum Gasteiger partial charge on any atom is -0.483 e. The number of nitrogens with one attached hydrogen (secondary N) is 1. The van der Waals surface area contributed by atoms with Gasteiger partial charge >= 0.3 is 12.1 Å². The third-order valence-corrected chi connectivity index (χ3v) is 3.79. The number of benzene rings is 1. The van der Waals surface area contributed by atoms with E-state index in [1.165, 1.54) is 31.4 Å². The van der Waals surface area contributed by atoms with E-state index in [0.717, 1.165) is 23.5 Å². The predicted molar refractivity (Wildman–Crippen MR) is 81.2 cm³/mol. The average Bonchev–Trinajstić information content (AvgIpc) is 3.00. The molecule has 0 aliphatic rings. The SMILES string of the molecule is COC(=O)c1ccc(NC(=O)COc2ccccc2C(F)(F)F)s1. The molecular formula is C15H12F3NO4S. The van der Waals surface area contributed by atoms with E-state index in [2.05, 4.69) is 10.1 Å². The molecule has 24 heavy (non-hydrogen) atoms. The Balaban J connectivity index is 1.97. The molecule has 2 aromatic rings. The largest absolute Gasteiger partial charge is 0.483 e. The number of alkyl halides is 3. The van der Waals surface area contributed by atoms with E-state index >= 15 is 0 Å². The summed E-state index contributed by atoms with van der Waals surface area (Å²) < 4.78 is 47.9. The molecule has 1 heterocycles. The first-order chi connectivity index (χ1) is 11.3. The zero-order chi connectivity index (χ0) is 17.7. The van der Waals surface area contributed by atoms with Crippen LogP contribution in [0.2, 0.25) is 0 Å². The molecule has 0 aliphatic carbocycles. The van der Waals surface area contributed by atoms with E-state index < -0.39 is 36.0 Å². The highest BCUT2D eigenvalue weighted by Gasteiger charge is 2.34. The monoisotopic (exact) mass is 359 g/mol. The van der Waals surface area contributed by atoms with Crippen LogP contribution >= 0.6 is 11.3 Å². The highest BCUT2D eigenvalue weighted by molar-refractivity contribution is 7.18. The number of hydrogen-bond donors (Lipinski definition) is 1. The van der Waals surface area contributed by atoms with Crippen molar-refractivity contribution in [3.8, 4) is 5.75 Å². The minimum absolute atomic E-state index is 0.288. The van der Waals surface area contributed by atoms with Gasteiger partial charge in [-0.1, -0.05) is 12.1 Å². The number of thiophene rings is 1. The quantitative estimate of drug-likeness (QED) is 0.829. The molecule has 128 valence electrons. The lowest BCUT2D eigenvalue weighted by molar-refractivity contribution is -0.139. The van der Waals surface area contributed by atoms with Gasteiger partial charge in [-0.05, 0) is 24.3 Å². The summed E-state index contributed by atoms with van der Waals surface area (Å²) in [5.74, 6) is -1.62. The van der Waals surface area contributed by atoms with Crippen molar-refractivity contribution in [1.29, 1.82) is 0 Å². The van der Waals surface area contributed by atoms with Gasteiger partial charge in [-0.2, -0.15) is 13.2 Å².